The van der Waals surface area contributed by atoms with Crippen molar-refractivity contribution in [2.75, 3.05) is 7.05 Å². The summed E-state index contributed by atoms with van der Waals surface area (Å²) in [5.74, 6) is 0.670. The van der Waals surface area contributed by atoms with Gasteiger partial charge in [-0.05, 0) is 74.4 Å². The van der Waals surface area contributed by atoms with Crippen molar-refractivity contribution in [3.05, 3.63) is 71.6 Å². The smallest absolute Gasteiger partial charge is 0.123 e. The SMILES string of the molecule is C/C=C\C(=NC)c1ccc(F)cc1.C/C=C\C=C(/C)C1(C)CC1C. The first-order valence-corrected chi connectivity index (χ1v) is 8.54. The fraction of sp³-hybridized carbons (Fsp3) is 0.409. The number of aliphatic imine (C=N–C) groups is 1. The molecule has 1 fully saturated rings. The zero-order chi connectivity index (χ0) is 18.2. The van der Waals surface area contributed by atoms with E-state index in [1.165, 1.54) is 24.1 Å². The van der Waals surface area contributed by atoms with E-state index >= 15 is 0 Å². The average Bonchev–Trinajstić information content (AvgIpc) is 3.20. The van der Waals surface area contributed by atoms with Gasteiger partial charge in [-0.15, -0.1) is 0 Å². The van der Waals surface area contributed by atoms with Gasteiger partial charge in [0.05, 0.1) is 5.71 Å². The highest BCUT2D eigenvalue weighted by Crippen LogP contribution is 2.56. The van der Waals surface area contributed by atoms with E-state index in [4.69, 9.17) is 0 Å². The summed E-state index contributed by atoms with van der Waals surface area (Å²) in [6.07, 6.45) is 11.6. The van der Waals surface area contributed by atoms with E-state index in [2.05, 4.69) is 50.9 Å². The molecule has 0 amide bonds. The second-order valence-electron chi connectivity index (χ2n) is 6.51. The van der Waals surface area contributed by atoms with Crippen LogP contribution >= 0.6 is 0 Å². The van der Waals surface area contributed by atoms with Crippen LogP contribution in [0.4, 0.5) is 4.39 Å². The maximum Gasteiger partial charge on any atom is 0.123 e. The van der Waals surface area contributed by atoms with Gasteiger partial charge in [0.25, 0.3) is 0 Å². The van der Waals surface area contributed by atoms with Crippen molar-refractivity contribution in [1.29, 1.82) is 0 Å². The first-order valence-electron chi connectivity index (χ1n) is 8.54. The molecule has 0 heterocycles. The van der Waals surface area contributed by atoms with Crippen LogP contribution in [0.1, 0.15) is 46.6 Å². The van der Waals surface area contributed by atoms with Gasteiger partial charge in [-0.25, -0.2) is 4.39 Å². The van der Waals surface area contributed by atoms with Crippen LogP contribution in [0.5, 0.6) is 0 Å². The van der Waals surface area contributed by atoms with Gasteiger partial charge in [-0.3, -0.25) is 4.99 Å². The molecule has 0 aliphatic heterocycles. The second kappa shape index (κ2) is 9.36. The third-order valence-corrected chi connectivity index (χ3v) is 4.80. The number of hydrogen-bond acceptors (Lipinski definition) is 1. The molecule has 1 saturated carbocycles. The molecule has 2 heteroatoms. The van der Waals surface area contributed by atoms with E-state index < -0.39 is 0 Å². The summed E-state index contributed by atoms with van der Waals surface area (Å²) < 4.78 is 12.6. The minimum atomic E-state index is -0.223. The Morgan fingerprint density at radius 3 is 2.21 bits per heavy atom. The van der Waals surface area contributed by atoms with Gasteiger partial charge < -0.3 is 0 Å². The third-order valence-electron chi connectivity index (χ3n) is 4.80. The van der Waals surface area contributed by atoms with Crippen molar-refractivity contribution in [2.45, 2.75) is 41.0 Å². The fourth-order valence-corrected chi connectivity index (χ4v) is 2.64. The largest absolute Gasteiger partial charge is 0.288 e. The number of hydrogen-bond donors (Lipinski definition) is 0. The van der Waals surface area contributed by atoms with Crippen molar-refractivity contribution >= 4 is 5.71 Å². The van der Waals surface area contributed by atoms with Gasteiger partial charge in [0.15, 0.2) is 0 Å². The Hall–Kier alpha value is -1.96. The third kappa shape index (κ3) is 5.59. The quantitative estimate of drug-likeness (QED) is 0.450. The van der Waals surface area contributed by atoms with Crippen LogP contribution in [-0.4, -0.2) is 12.8 Å². The van der Waals surface area contributed by atoms with Crippen molar-refractivity contribution in [3.8, 4) is 0 Å². The molecule has 1 aromatic rings. The lowest BCUT2D eigenvalue weighted by molar-refractivity contribution is 0.619. The van der Waals surface area contributed by atoms with Gasteiger partial charge in [-0.2, -0.15) is 0 Å². The Morgan fingerprint density at radius 1 is 1.21 bits per heavy atom. The van der Waals surface area contributed by atoms with Crippen molar-refractivity contribution in [2.24, 2.45) is 16.3 Å². The first-order chi connectivity index (χ1) is 11.4. The minimum Gasteiger partial charge on any atom is -0.288 e. The molecular weight excluding hydrogens is 297 g/mol. The van der Waals surface area contributed by atoms with Crippen LogP contribution in [0, 0.1) is 17.2 Å². The number of allylic oxidation sites excluding steroid dienone is 6. The highest BCUT2D eigenvalue weighted by atomic mass is 19.1. The van der Waals surface area contributed by atoms with E-state index in [1.54, 1.807) is 19.2 Å². The summed E-state index contributed by atoms with van der Waals surface area (Å²) in [7, 11) is 1.72. The van der Waals surface area contributed by atoms with E-state index in [9.17, 15) is 4.39 Å². The molecule has 130 valence electrons. The van der Waals surface area contributed by atoms with Crippen LogP contribution in [0.3, 0.4) is 0 Å². The molecule has 1 nitrogen and oxygen atoms in total. The van der Waals surface area contributed by atoms with Crippen LogP contribution in [0.15, 0.2) is 65.2 Å². The zero-order valence-corrected chi connectivity index (χ0v) is 15.8. The lowest BCUT2D eigenvalue weighted by Gasteiger charge is -2.08. The molecule has 0 spiro atoms. The van der Waals surface area contributed by atoms with Crippen LogP contribution in [-0.2, 0) is 0 Å². The number of rotatable bonds is 4. The van der Waals surface area contributed by atoms with Crippen molar-refractivity contribution < 1.29 is 4.39 Å². The van der Waals surface area contributed by atoms with E-state index in [1.807, 2.05) is 19.1 Å². The Labute approximate surface area is 146 Å². The molecule has 2 rings (SSSR count). The molecular formula is C22H30FN. The monoisotopic (exact) mass is 327 g/mol. The molecule has 1 aromatic carbocycles. The number of benzene rings is 1. The molecule has 24 heavy (non-hydrogen) atoms. The predicted octanol–water partition coefficient (Wildman–Crippen LogP) is 6.38. The molecule has 2 atom stereocenters. The predicted molar refractivity (Wildman–Crippen MR) is 104 cm³/mol. The molecule has 0 N–H and O–H groups in total. The van der Waals surface area contributed by atoms with Crippen LogP contribution in [0.25, 0.3) is 0 Å². The summed E-state index contributed by atoms with van der Waals surface area (Å²) >= 11 is 0. The lowest BCUT2D eigenvalue weighted by atomic mass is 9.97. The molecule has 0 bridgehead atoms. The van der Waals surface area contributed by atoms with Crippen LogP contribution in [0.2, 0.25) is 0 Å². The topological polar surface area (TPSA) is 12.4 Å². The van der Waals surface area contributed by atoms with Gasteiger partial charge in [-0.1, -0.05) is 43.7 Å². The molecule has 2 unspecified atom stereocenters. The van der Waals surface area contributed by atoms with Gasteiger partial charge in [0.2, 0.25) is 0 Å². The summed E-state index contributed by atoms with van der Waals surface area (Å²) in [4.78, 5) is 4.09. The average molecular weight is 327 g/mol. The van der Waals surface area contributed by atoms with Gasteiger partial charge in [0.1, 0.15) is 5.82 Å². The number of nitrogens with zero attached hydrogens (tertiary/aromatic N) is 1. The van der Waals surface area contributed by atoms with Gasteiger partial charge >= 0.3 is 0 Å². The van der Waals surface area contributed by atoms with Crippen molar-refractivity contribution in [3.63, 3.8) is 0 Å². The highest BCUT2D eigenvalue weighted by molar-refractivity contribution is 6.08. The normalized spacial score (nSPS) is 24.2. The van der Waals surface area contributed by atoms with E-state index in [-0.39, 0.29) is 5.82 Å². The van der Waals surface area contributed by atoms with Crippen molar-refractivity contribution in [1.82, 2.24) is 0 Å². The standard InChI is InChI=1S/C11H12FN.C11H18/c1-3-4-11(13-2)9-5-7-10(12)8-6-9;1-5-6-7-9(2)11(4)8-10(11)3/h3-8H,1-2H3;5-7,10H,8H2,1-4H3/b4-3-,13-11?;6-5-,9-7+. The summed E-state index contributed by atoms with van der Waals surface area (Å²) in [5, 5.41) is 0. The Bertz CT molecular complexity index is 634. The zero-order valence-electron chi connectivity index (χ0n) is 15.8. The van der Waals surface area contributed by atoms with Crippen LogP contribution < -0.4 is 0 Å². The maximum absolute atomic E-state index is 12.6. The molecule has 0 saturated heterocycles. The Kier molecular flexibility index (Phi) is 7.84. The molecule has 1 aliphatic rings. The van der Waals surface area contributed by atoms with Gasteiger partial charge in [0, 0.05) is 7.05 Å². The minimum absolute atomic E-state index is 0.223. The maximum atomic E-state index is 12.6. The van der Waals surface area contributed by atoms with E-state index in [0.717, 1.165) is 17.2 Å². The summed E-state index contributed by atoms with van der Waals surface area (Å²) in [5.41, 5.74) is 3.85. The lowest BCUT2D eigenvalue weighted by Crippen LogP contribution is -1.97. The fourth-order valence-electron chi connectivity index (χ4n) is 2.64. The van der Waals surface area contributed by atoms with E-state index in [0.29, 0.717) is 5.41 Å². The summed E-state index contributed by atoms with van der Waals surface area (Å²) in [6, 6.07) is 6.31. The molecule has 0 radical (unpaired) electrons. The first kappa shape index (κ1) is 20.1. The molecule has 1 aliphatic carbocycles. The Morgan fingerprint density at radius 2 is 1.79 bits per heavy atom. The summed E-state index contributed by atoms with van der Waals surface area (Å²) in [6.45, 7) is 10.9. The highest BCUT2D eigenvalue weighted by Gasteiger charge is 2.47. The molecule has 0 aromatic heterocycles. The Balaban J connectivity index is 0.000000243. The number of halogens is 1. The second-order valence-corrected chi connectivity index (χ2v) is 6.51.